The summed E-state index contributed by atoms with van der Waals surface area (Å²) in [6.45, 7) is 0. The molecule has 0 fully saturated rings. The van der Waals surface area contributed by atoms with Crippen molar-refractivity contribution in [2.24, 2.45) is 0 Å². The third-order valence-corrected chi connectivity index (χ3v) is 4.66. The Morgan fingerprint density at radius 3 is 2.39 bits per heavy atom. The lowest BCUT2D eigenvalue weighted by Crippen LogP contribution is -2.24. The number of benzene rings is 2. The fraction of sp³-hybridized carbons (Fsp3) is 0.200. The van der Waals surface area contributed by atoms with Crippen LogP contribution in [-0.4, -0.2) is 24.6 Å². The number of carboxylic acid groups (broad SMARTS) is 1. The summed E-state index contributed by atoms with van der Waals surface area (Å²) in [4.78, 5) is 22.9. The van der Waals surface area contributed by atoms with Crippen LogP contribution in [0, 0.1) is 0 Å². The number of ether oxygens (including phenoxy) is 1. The average molecular weight is 409 g/mol. The van der Waals surface area contributed by atoms with Gasteiger partial charge in [0.15, 0.2) is 5.78 Å². The van der Waals surface area contributed by atoms with Crippen molar-refractivity contribution in [1.82, 2.24) is 0 Å². The molecule has 0 saturated carbocycles. The summed E-state index contributed by atoms with van der Waals surface area (Å²) >= 11 is 1.11. The predicted octanol–water partition coefficient (Wildman–Crippen LogP) is 3.59. The van der Waals surface area contributed by atoms with Crippen molar-refractivity contribution in [2.75, 3.05) is 12.9 Å². The Labute approximate surface area is 164 Å². The second kappa shape index (κ2) is 9.45. The quantitative estimate of drug-likeness (QED) is 0.492. The molecule has 2 aromatic rings. The summed E-state index contributed by atoms with van der Waals surface area (Å²) in [6.07, 6.45) is -1.72. The van der Waals surface area contributed by atoms with Gasteiger partial charge in [-0.05, 0) is 42.0 Å². The van der Waals surface area contributed by atoms with E-state index in [1.807, 2.05) is 0 Å². The molecule has 8 heteroatoms. The van der Waals surface area contributed by atoms with Gasteiger partial charge in [0.05, 0.1) is 18.6 Å². The van der Waals surface area contributed by atoms with Crippen LogP contribution in [0.15, 0.2) is 48.5 Å². The van der Waals surface area contributed by atoms with Gasteiger partial charge in [0.2, 0.25) is 0 Å². The zero-order valence-corrected chi connectivity index (χ0v) is 15.6. The number of methoxy groups -OCH3 is 1. The van der Waals surface area contributed by atoms with Crippen LogP contribution in [0.1, 0.15) is 27.0 Å². The van der Waals surface area contributed by atoms with E-state index in [1.165, 1.54) is 31.4 Å². The van der Waals surface area contributed by atoms with Crippen LogP contribution >= 0.6 is 11.8 Å². The monoisotopic (exact) mass is 409 g/mol. The van der Waals surface area contributed by atoms with Crippen molar-refractivity contribution in [2.45, 2.75) is 11.9 Å². The molecule has 0 aliphatic rings. The first kappa shape index (κ1) is 21.6. The van der Waals surface area contributed by atoms with E-state index in [4.69, 9.17) is 4.74 Å². The summed E-state index contributed by atoms with van der Waals surface area (Å²) in [5.74, 6) is -0.866. The fourth-order valence-electron chi connectivity index (χ4n) is 2.34. The fourth-order valence-corrected chi connectivity index (χ4v) is 3.05. The molecule has 0 bridgehead atoms. The summed E-state index contributed by atoms with van der Waals surface area (Å²) in [5.41, 5.74) is 0.708. The van der Waals surface area contributed by atoms with Gasteiger partial charge in [-0.15, -0.1) is 0 Å². The molecule has 2 rings (SSSR count). The minimum absolute atomic E-state index is 0.185. The highest BCUT2D eigenvalue weighted by molar-refractivity contribution is 7.99. The largest absolute Gasteiger partial charge is 0.549 e. The van der Waals surface area contributed by atoms with Crippen molar-refractivity contribution in [3.8, 4) is 5.75 Å². The molecule has 0 aliphatic heterocycles. The first-order chi connectivity index (χ1) is 13.2. The Morgan fingerprint density at radius 1 is 1.14 bits per heavy atom. The number of carbonyl (C=O) groups excluding carboxylic acids is 2. The first-order valence-corrected chi connectivity index (χ1v) is 9.20. The lowest BCUT2D eigenvalue weighted by molar-refractivity contribution is -0.301. The molecule has 0 N–H and O–H groups in total. The number of carbonyl (C=O) groups is 2. The Balaban J connectivity index is 2.12. The minimum atomic E-state index is -4.41. The average Bonchev–Trinajstić information content (AvgIpc) is 2.65. The maximum Gasteiger partial charge on any atom is 0.416 e. The molecule has 0 saturated heterocycles. The molecule has 148 valence electrons. The Morgan fingerprint density at radius 2 is 1.82 bits per heavy atom. The molecule has 0 radical (unpaired) electrons. The van der Waals surface area contributed by atoms with Gasteiger partial charge in [0.1, 0.15) is 5.75 Å². The molecule has 2 aromatic carbocycles. The third kappa shape index (κ3) is 6.16. The molecular weight excluding hydrogens is 393 g/mol. The van der Waals surface area contributed by atoms with Gasteiger partial charge in [0, 0.05) is 22.6 Å². The summed E-state index contributed by atoms with van der Waals surface area (Å²) in [7, 11) is 1.47. The molecule has 4 nitrogen and oxygen atoms in total. The molecule has 0 aliphatic carbocycles. The van der Waals surface area contributed by atoms with Gasteiger partial charge < -0.3 is 14.6 Å². The van der Waals surface area contributed by atoms with Gasteiger partial charge in [-0.2, -0.15) is 24.9 Å². The smallest absolute Gasteiger partial charge is 0.416 e. The number of halogens is 3. The van der Waals surface area contributed by atoms with Gasteiger partial charge in [-0.3, -0.25) is 4.79 Å². The van der Waals surface area contributed by atoms with E-state index in [1.54, 1.807) is 18.2 Å². The van der Waals surface area contributed by atoms with E-state index in [-0.39, 0.29) is 11.5 Å². The number of ketones is 1. The van der Waals surface area contributed by atoms with Crippen molar-refractivity contribution in [1.29, 1.82) is 0 Å². The molecule has 0 aromatic heterocycles. The molecule has 0 amide bonds. The van der Waals surface area contributed by atoms with Crippen LogP contribution in [-0.2, 0) is 16.7 Å². The lowest BCUT2D eigenvalue weighted by atomic mass is 10.1. The van der Waals surface area contributed by atoms with E-state index in [0.29, 0.717) is 28.2 Å². The molecule has 0 atom stereocenters. The van der Waals surface area contributed by atoms with Crippen molar-refractivity contribution in [3.63, 3.8) is 0 Å². The highest BCUT2D eigenvalue weighted by Gasteiger charge is 2.29. The lowest BCUT2D eigenvalue weighted by Gasteiger charge is -2.10. The number of aliphatic carboxylic acids is 1. The zero-order chi connectivity index (χ0) is 20.7. The van der Waals surface area contributed by atoms with E-state index >= 15 is 0 Å². The summed E-state index contributed by atoms with van der Waals surface area (Å²) in [6, 6.07) is 9.22. The molecule has 0 unspecified atom stereocenters. The third-order valence-electron chi connectivity index (χ3n) is 3.71. The van der Waals surface area contributed by atoms with Crippen LogP contribution in [0.4, 0.5) is 13.2 Å². The van der Waals surface area contributed by atoms with Crippen LogP contribution < -0.4 is 9.84 Å². The van der Waals surface area contributed by atoms with E-state index in [9.17, 15) is 27.9 Å². The number of hydrogen-bond donors (Lipinski definition) is 0. The van der Waals surface area contributed by atoms with E-state index in [0.717, 1.165) is 23.9 Å². The standard InChI is InChI=1S/C20H17F3O4S/c1-27-18-9-5-14(10-15(18)11-28-12-19(25)26)17(24)8-4-13-2-6-16(7-3-13)20(21,22)23/h2-10H,11-12H2,1H3,(H,25,26)/p-1/b8-4+. The van der Waals surface area contributed by atoms with Gasteiger partial charge in [-0.1, -0.05) is 18.2 Å². The molecular formula is C20H16F3O4S-. The Bertz CT molecular complexity index is 874. The van der Waals surface area contributed by atoms with Gasteiger partial charge in [-0.25, -0.2) is 0 Å². The SMILES string of the molecule is COc1ccc(C(=O)/C=C/c2ccc(C(F)(F)F)cc2)cc1CSCC(=O)[O-]. The maximum absolute atomic E-state index is 12.6. The molecule has 0 spiro atoms. The van der Waals surface area contributed by atoms with Crippen molar-refractivity contribution < 1.29 is 32.6 Å². The van der Waals surface area contributed by atoms with Crippen molar-refractivity contribution >= 4 is 29.6 Å². The van der Waals surface area contributed by atoms with Crippen LogP contribution in [0.5, 0.6) is 5.75 Å². The second-order valence-electron chi connectivity index (χ2n) is 5.71. The zero-order valence-electron chi connectivity index (χ0n) is 14.8. The van der Waals surface area contributed by atoms with Crippen molar-refractivity contribution in [3.05, 3.63) is 70.8 Å². The van der Waals surface area contributed by atoms with Crippen LogP contribution in [0.25, 0.3) is 6.08 Å². The molecule has 0 heterocycles. The van der Waals surface area contributed by atoms with E-state index < -0.39 is 17.7 Å². The number of allylic oxidation sites excluding steroid dienone is 1. The highest BCUT2D eigenvalue weighted by atomic mass is 32.2. The van der Waals surface area contributed by atoms with E-state index in [2.05, 4.69) is 0 Å². The van der Waals surface area contributed by atoms with Gasteiger partial charge >= 0.3 is 6.18 Å². The predicted molar refractivity (Wildman–Crippen MR) is 99.0 cm³/mol. The number of rotatable bonds is 8. The topological polar surface area (TPSA) is 66.4 Å². The van der Waals surface area contributed by atoms with Gasteiger partial charge in [0.25, 0.3) is 0 Å². The van der Waals surface area contributed by atoms with Crippen LogP contribution in [0.3, 0.4) is 0 Å². The summed E-state index contributed by atoms with van der Waals surface area (Å²) < 4.78 is 42.9. The normalized spacial score (nSPS) is 11.6. The number of hydrogen-bond acceptors (Lipinski definition) is 5. The number of alkyl halides is 3. The Kier molecular flexibility index (Phi) is 7.28. The Hall–Kier alpha value is -2.74. The molecule has 28 heavy (non-hydrogen) atoms. The first-order valence-electron chi connectivity index (χ1n) is 8.05. The second-order valence-corrected chi connectivity index (χ2v) is 6.69. The number of thioether (sulfide) groups is 1. The minimum Gasteiger partial charge on any atom is -0.549 e. The number of carboxylic acids is 1. The summed E-state index contributed by atoms with van der Waals surface area (Å²) in [5, 5.41) is 10.5. The highest BCUT2D eigenvalue weighted by Crippen LogP contribution is 2.29. The maximum atomic E-state index is 12.6. The van der Waals surface area contributed by atoms with Crippen LogP contribution in [0.2, 0.25) is 0 Å².